The van der Waals surface area contributed by atoms with Crippen LogP contribution in [0.2, 0.25) is 0 Å². The minimum absolute atomic E-state index is 0.00167. The molecule has 17 heavy (non-hydrogen) atoms. The van der Waals surface area contributed by atoms with E-state index in [2.05, 4.69) is 4.74 Å². The van der Waals surface area contributed by atoms with E-state index in [0.29, 0.717) is 0 Å². The fourth-order valence-electron chi connectivity index (χ4n) is 1.03. The van der Waals surface area contributed by atoms with Crippen LogP contribution in [0.25, 0.3) is 0 Å². The molecule has 0 radical (unpaired) electrons. The molecule has 0 aromatic carbocycles. The Labute approximate surface area is 102 Å². The highest BCUT2D eigenvalue weighted by Crippen LogP contribution is 2.05. The molecule has 0 spiro atoms. The summed E-state index contributed by atoms with van der Waals surface area (Å²) in [5.41, 5.74) is 0. The van der Waals surface area contributed by atoms with Crippen LogP contribution in [0.4, 0.5) is 0 Å². The molecule has 0 aromatic rings. The average Bonchev–Trinajstić information content (AvgIpc) is 2.31. The molecule has 8 heteroatoms. The Kier molecular flexibility index (Phi) is 6.72. The summed E-state index contributed by atoms with van der Waals surface area (Å²) >= 11 is 0. The van der Waals surface area contributed by atoms with Gasteiger partial charge in [0.25, 0.3) is 10.2 Å². The molecule has 0 saturated carbocycles. The van der Waals surface area contributed by atoms with Crippen molar-refractivity contribution in [3.63, 3.8) is 0 Å². The maximum Gasteiger partial charge on any atom is 0.306 e. The highest BCUT2D eigenvalue weighted by atomic mass is 32.2. The summed E-state index contributed by atoms with van der Waals surface area (Å²) in [4.78, 5) is 10.9. The molecule has 0 fully saturated rings. The molecule has 0 N–H and O–H groups in total. The van der Waals surface area contributed by atoms with Crippen LogP contribution >= 0.6 is 0 Å². The van der Waals surface area contributed by atoms with E-state index in [1.165, 1.54) is 21.2 Å². The Morgan fingerprint density at radius 2 is 1.82 bits per heavy atom. The van der Waals surface area contributed by atoms with Crippen LogP contribution in [0, 0.1) is 11.3 Å². The van der Waals surface area contributed by atoms with E-state index >= 15 is 0 Å². The third-order valence-electron chi connectivity index (χ3n) is 2.18. The van der Waals surface area contributed by atoms with Gasteiger partial charge < -0.3 is 4.74 Å². The highest BCUT2D eigenvalue weighted by molar-refractivity contribution is 7.86. The van der Waals surface area contributed by atoms with Crippen molar-refractivity contribution in [2.24, 2.45) is 0 Å². The lowest BCUT2D eigenvalue weighted by Gasteiger charge is -2.23. The van der Waals surface area contributed by atoms with Crippen LogP contribution < -0.4 is 0 Å². The van der Waals surface area contributed by atoms with Crippen molar-refractivity contribution in [2.75, 3.05) is 34.3 Å². The van der Waals surface area contributed by atoms with Gasteiger partial charge in [-0.1, -0.05) is 0 Å². The standard InChI is InChI=1S/C9H17N3O4S/c1-11(7-4-6-10)17(14,15)12(2)8-5-9(13)16-3/h4-5,7-8H2,1-3H3. The minimum Gasteiger partial charge on any atom is -0.469 e. The van der Waals surface area contributed by atoms with Gasteiger partial charge in [0.15, 0.2) is 0 Å². The lowest BCUT2D eigenvalue weighted by atomic mass is 10.4. The first-order chi connectivity index (χ1) is 7.86. The van der Waals surface area contributed by atoms with E-state index in [9.17, 15) is 13.2 Å². The Morgan fingerprint density at radius 1 is 1.29 bits per heavy atom. The van der Waals surface area contributed by atoms with Crippen LogP contribution in [0.15, 0.2) is 0 Å². The summed E-state index contributed by atoms with van der Waals surface area (Å²) in [6, 6.07) is 1.87. The van der Waals surface area contributed by atoms with Crippen molar-refractivity contribution in [2.45, 2.75) is 12.8 Å². The normalized spacial score (nSPS) is 11.5. The van der Waals surface area contributed by atoms with E-state index in [1.54, 1.807) is 0 Å². The van der Waals surface area contributed by atoms with Gasteiger partial charge in [-0.3, -0.25) is 4.79 Å². The number of methoxy groups -OCH3 is 1. The highest BCUT2D eigenvalue weighted by Gasteiger charge is 2.23. The Balaban J connectivity index is 4.39. The SMILES string of the molecule is COC(=O)CCN(C)S(=O)(=O)N(C)CCC#N. The number of nitriles is 1. The number of hydrogen-bond acceptors (Lipinski definition) is 5. The van der Waals surface area contributed by atoms with Crippen LogP contribution in [0.3, 0.4) is 0 Å². The number of carbonyl (C=O) groups excluding carboxylic acids is 1. The summed E-state index contributed by atoms with van der Waals surface area (Å²) in [6.45, 7) is 0.174. The minimum atomic E-state index is -3.61. The Bertz CT molecular complexity index is 388. The zero-order valence-corrected chi connectivity index (χ0v) is 11.0. The van der Waals surface area contributed by atoms with Gasteiger partial charge in [-0.2, -0.15) is 22.3 Å². The number of esters is 1. The molecular weight excluding hydrogens is 246 g/mol. The Hall–Kier alpha value is -1.17. The van der Waals surface area contributed by atoms with E-state index in [4.69, 9.17) is 5.26 Å². The molecule has 0 aromatic heterocycles. The number of rotatable bonds is 7. The van der Waals surface area contributed by atoms with Gasteiger partial charge in [-0.25, -0.2) is 0 Å². The Morgan fingerprint density at radius 3 is 2.29 bits per heavy atom. The van der Waals surface area contributed by atoms with Crippen LogP contribution in [-0.4, -0.2) is 57.3 Å². The molecule has 0 rings (SSSR count). The summed E-state index contributed by atoms with van der Waals surface area (Å²) < 4.78 is 30.2. The van der Waals surface area contributed by atoms with Gasteiger partial charge in [0.05, 0.1) is 19.6 Å². The van der Waals surface area contributed by atoms with Crippen LogP contribution in [0.5, 0.6) is 0 Å². The lowest BCUT2D eigenvalue weighted by Crippen LogP contribution is -2.40. The maximum absolute atomic E-state index is 11.8. The third-order valence-corrected chi connectivity index (χ3v) is 4.13. The van der Waals surface area contributed by atoms with E-state index < -0.39 is 16.2 Å². The van der Waals surface area contributed by atoms with E-state index in [0.717, 1.165) is 8.61 Å². The van der Waals surface area contributed by atoms with Crippen molar-refractivity contribution in [3.05, 3.63) is 0 Å². The van der Waals surface area contributed by atoms with Gasteiger partial charge >= 0.3 is 5.97 Å². The van der Waals surface area contributed by atoms with Crippen LogP contribution in [-0.2, 0) is 19.7 Å². The molecule has 0 atom stereocenters. The van der Waals surface area contributed by atoms with Gasteiger partial charge in [0.2, 0.25) is 0 Å². The van der Waals surface area contributed by atoms with Crippen molar-refractivity contribution in [1.29, 1.82) is 5.26 Å². The molecule has 98 valence electrons. The van der Waals surface area contributed by atoms with Gasteiger partial charge in [0, 0.05) is 33.6 Å². The number of hydrogen-bond donors (Lipinski definition) is 0. The smallest absolute Gasteiger partial charge is 0.306 e. The predicted octanol–water partition coefficient (Wildman–Crippen LogP) is -0.428. The largest absolute Gasteiger partial charge is 0.469 e. The lowest BCUT2D eigenvalue weighted by molar-refractivity contribution is -0.140. The first kappa shape index (κ1) is 15.8. The summed E-state index contributed by atoms with van der Waals surface area (Å²) in [5, 5.41) is 8.38. The first-order valence-electron chi connectivity index (χ1n) is 4.97. The average molecular weight is 263 g/mol. The van der Waals surface area contributed by atoms with Crippen LogP contribution in [0.1, 0.15) is 12.8 Å². The van der Waals surface area contributed by atoms with Gasteiger partial charge in [-0.15, -0.1) is 0 Å². The molecule has 7 nitrogen and oxygen atoms in total. The number of carbonyl (C=O) groups is 1. The second-order valence-electron chi connectivity index (χ2n) is 3.39. The molecule has 0 bridgehead atoms. The molecule has 0 saturated heterocycles. The summed E-state index contributed by atoms with van der Waals surface area (Å²) in [5.74, 6) is -0.466. The topological polar surface area (TPSA) is 90.7 Å². The molecule has 0 heterocycles. The van der Waals surface area contributed by atoms with Crippen molar-refractivity contribution < 1.29 is 17.9 Å². The third kappa shape index (κ3) is 5.12. The molecule has 0 aliphatic heterocycles. The zero-order valence-electron chi connectivity index (χ0n) is 10.2. The summed E-state index contributed by atoms with van der Waals surface area (Å²) in [6.07, 6.45) is 0.124. The van der Waals surface area contributed by atoms with Gasteiger partial charge in [-0.05, 0) is 0 Å². The molecular formula is C9H17N3O4S. The quantitative estimate of drug-likeness (QED) is 0.581. The number of nitrogens with zero attached hydrogens (tertiary/aromatic N) is 3. The predicted molar refractivity (Wildman–Crippen MR) is 61.0 cm³/mol. The fourth-order valence-corrected chi connectivity index (χ4v) is 2.15. The van der Waals surface area contributed by atoms with Gasteiger partial charge in [0.1, 0.15) is 0 Å². The van der Waals surface area contributed by atoms with Crippen molar-refractivity contribution >= 4 is 16.2 Å². The maximum atomic E-state index is 11.8. The fraction of sp³-hybridized carbons (Fsp3) is 0.778. The molecule has 0 amide bonds. The first-order valence-corrected chi connectivity index (χ1v) is 6.37. The zero-order chi connectivity index (χ0) is 13.5. The molecule has 0 aliphatic carbocycles. The summed E-state index contributed by atoms with van der Waals surface area (Å²) in [7, 11) is 0.405. The monoisotopic (exact) mass is 263 g/mol. The van der Waals surface area contributed by atoms with Crippen molar-refractivity contribution in [1.82, 2.24) is 8.61 Å². The molecule has 0 unspecified atom stereocenters. The van der Waals surface area contributed by atoms with Crippen molar-refractivity contribution in [3.8, 4) is 6.07 Å². The number of ether oxygens (including phenoxy) is 1. The molecule has 0 aliphatic rings. The van der Waals surface area contributed by atoms with E-state index in [-0.39, 0.29) is 25.9 Å². The second kappa shape index (κ2) is 7.21. The second-order valence-corrected chi connectivity index (χ2v) is 5.53. The van der Waals surface area contributed by atoms with E-state index in [1.807, 2.05) is 6.07 Å².